The van der Waals surface area contributed by atoms with Gasteiger partial charge in [0.25, 0.3) is 0 Å². The number of nitrogens with one attached hydrogen (secondary N) is 1. The summed E-state index contributed by atoms with van der Waals surface area (Å²) in [5.74, 6) is 0. The van der Waals surface area contributed by atoms with E-state index >= 15 is 0 Å². The zero-order valence-corrected chi connectivity index (χ0v) is 13.4. The fraction of sp³-hybridized carbons (Fsp3) is 0.562. The van der Waals surface area contributed by atoms with Crippen LogP contribution in [0.25, 0.3) is 0 Å². The zero-order valence-electron chi connectivity index (χ0n) is 12.5. The van der Waals surface area contributed by atoms with Crippen LogP contribution in [0.5, 0.6) is 0 Å². The lowest BCUT2D eigenvalue weighted by Crippen LogP contribution is -2.36. The number of nitrogens with zero attached hydrogens (tertiary/aromatic N) is 1. The molecule has 4 nitrogen and oxygen atoms in total. The molecule has 0 saturated heterocycles. The molecule has 0 aromatic heterocycles. The average molecular weight is 308 g/mol. The minimum atomic E-state index is -0.147. The smallest absolute Gasteiger partial charge is 0.321 e. The molecule has 1 fully saturated rings. The van der Waals surface area contributed by atoms with Gasteiger partial charge in [-0.05, 0) is 31.9 Å². The van der Waals surface area contributed by atoms with Crippen molar-refractivity contribution in [3.63, 3.8) is 0 Å². The molecule has 0 bridgehead atoms. The van der Waals surface area contributed by atoms with Gasteiger partial charge in [-0.2, -0.15) is 0 Å². The number of urea groups is 1. The first-order valence-electron chi connectivity index (χ1n) is 7.67. The summed E-state index contributed by atoms with van der Waals surface area (Å²) < 4.78 is 0. The molecule has 2 N–H and O–H groups in total. The van der Waals surface area contributed by atoms with Crippen molar-refractivity contribution in [1.82, 2.24) is 4.90 Å². The molecule has 21 heavy (non-hydrogen) atoms. The summed E-state index contributed by atoms with van der Waals surface area (Å²) in [6.07, 6.45) is 5.15. The van der Waals surface area contributed by atoms with Crippen molar-refractivity contribution in [2.24, 2.45) is 0 Å². The minimum Gasteiger partial charge on any atom is -0.395 e. The SMILES string of the molecule is CCN(CCO)C(=O)Nc1ccccc1SC1CCCC1. The molecule has 0 radical (unpaired) electrons. The van der Waals surface area contributed by atoms with Gasteiger partial charge in [-0.3, -0.25) is 0 Å². The Hall–Kier alpha value is -1.20. The van der Waals surface area contributed by atoms with Gasteiger partial charge in [0, 0.05) is 23.2 Å². The number of hydrogen-bond donors (Lipinski definition) is 2. The Balaban J connectivity index is 2.03. The second-order valence-corrected chi connectivity index (χ2v) is 6.60. The number of rotatable bonds is 6. The minimum absolute atomic E-state index is 0.0142. The van der Waals surface area contributed by atoms with Crippen molar-refractivity contribution in [3.8, 4) is 0 Å². The summed E-state index contributed by atoms with van der Waals surface area (Å²) in [4.78, 5) is 15.0. The Morgan fingerprint density at radius 3 is 2.76 bits per heavy atom. The normalized spacial score (nSPS) is 15.1. The topological polar surface area (TPSA) is 52.6 Å². The summed E-state index contributed by atoms with van der Waals surface area (Å²) in [7, 11) is 0. The first-order valence-corrected chi connectivity index (χ1v) is 8.55. The van der Waals surface area contributed by atoms with Gasteiger partial charge in [0.2, 0.25) is 0 Å². The third kappa shape index (κ3) is 4.64. The number of carbonyl (C=O) groups excluding carboxylic acids is 1. The third-order valence-corrected chi connectivity index (χ3v) is 5.18. The fourth-order valence-corrected chi connectivity index (χ4v) is 3.91. The first kappa shape index (κ1) is 16.2. The number of para-hydroxylation sites is 1. The maximum Gasteiger partial charge on any atom is 0.321 e. The summed E-state index contributed by atoms with van der Waals surface area (Å²) in [6, 6.07) is 7.82. The largest absolute Gasteiger partial charge is 0.395 e. The van der Waals surface area contributed by atoms with Gasteiger partial charge in [0.1, 0.15) is 0 Å². The Labute approximate surface area is 130 Å². The van der Waals surface area contributed by atoms with Gasteiger partial charge >= 0.3 is 6.03 Å². The van der Waals surface area contributed by atoms with E-state index in [9.17, 15) is 4.79 Å². The quantitative estimate of drug-likeness (QED) is 0.845. The molecule has 5 heteroatoms. The molecule has 1 aromatic carbocycles. The summed E-state index contributed by atoms with van der Waals surface area (Å²) in [6.45, 7) is 2.85. The maximum absolute atomic E-state index is 12.2. The number of aliphatic hydroxyl groups is 1. The third-order valence-electron chi connectivity index (χ3n) is 3.76. The van der Waals surface area contributed by atoms with E-state index in [0.29, 0.717) is 18.3 Å². The van der Waals surface area contributed by atoms with Crippen LogP contribution in [0.15, 0.2) is 29.2 Å². The maximum atomic E-state index is 12.2. The number of anilines is 1. The number of amides is 2. The van der Waals surface area contributed by atoms with E-state index in [2.05, 4.69) is 11.4 Å². The number of likely N-dealkylation sites (N-methyl/N-ethyl adjacent to an activating group) is 1. The van der Waals surface area contributed by atoms with E-state index in [1.54, 1.807) is 4.90 Å². The Bertz CT molecular complexity index is 461. The Morgan fingerprint density at radius 2 is 2.10 bits per heavy atom. The van der Waals surface area contributed by atoms with E-state index in [1.807, 2.05) is 36.9 Å². The van der Waals surface area contributed by atoms with Crippen LogP contribution in [0.2, 0.25) is 0 Å². The fourth-order valence-electron chi connectivity index (χ4n) is 2.58. The van der Waals surface area contributed by atoms with E-state index in [4.69, 9.17) is 5.11 Å². The molecule has 116 valence electrons. The predicted octanol–water partition coefficient (Wildman–Crippen LogP) is 3.57. The molecule has 0 atom stereocenters. The highest BCUT2D eigenvalue weighted by Crippen LogP contribution is 2.38. The van der Waals surface area contributed by atoms with E-state index in [1.165, 1.54) is 25.7 Å². The number of hydrogen-bond acceptors (Lipinski definition) is 3. The molecular weight excluding hydrogens is 284 g/mol. The van der Waals surface area contributed by atoms with Crippen LogP contribution >= 0.6 is 11.8 Å². The Morgan fingerprint density at radius 1 is 1.38 bits per heavy atom. The second-order valence-electron chi connectivity index (χ2n) is 5.25. The van der Waals surface area contributed by atoms with E-state index in [-0.39, 0.29) is 12.6 Å². The van der Waals surface area contributed by atoms with Crippen LogP contribution < -0.4 is 5.32 Å². The van der Waals surface area contributed by atoms with Gasteiger partial charge in [-0.1, -0.05) is 25.0 Å². The predicted molar refractivity (Wildman–Crippen MR) is 87.9 cm³/mol. The number of aliphatic hydroxyl groups excluding tert-OH is 1. The van der Waals surface area contributed by atoms with Gasteiger partial charge in [0.15, 0.2) is 0 Å². The summed E-state index contributed by atoms with van der Waals surface area (Å²) in [5.41, 5.74) is 0.871. The molecule has 2 amide bonds. The van der Waals surface area contributed by atoms with E-state index in [0.717, 1.165) is 10.6 Å². The molecule has 2 rings (SSSR count). The van der Waals surface area contributed by atoms with Gasteiger partial charge in [0.05, 0.1) is 12.3 Å². The molecular formula is C16H24N2O2S. The molecule has 1 aliphatic rings. The molecule has 0 unspecified atom stereocenters. The van der Waals surface area contributed by atoms with Crippen LogP contribution in [0.4, 0.5) is 10.5 Å². The van der Waals surface area contributed by atoms with Crippen LogP contribution in [-0.4, -0.2) is 41.0 Å². The number of carbonyl (C=O) groups is 1. The number of benzene rings is 1. The van der Waals surface area contributed by atoms with Crippen molar-refractivity contribution >= 4 is 23.5 Å². The van der Waals surface area contributed by atoms with Crippen LogP contribution in [0, 0.1) is 0 Å². The van der Waals surface area contributed by atoms with Crippen molar-refractivity contribution in [1.29, 1.82) is 0 Å². The first-order chi connectivity index (χ1) is 10.2. The average Bonchev–Trinajstić information content (AvgIpc) is 2.99. The molecule has 0 heterocycles. The van der Waals surface area contributed by atoms with Crippen LogP contribution in [-0.2, 0) is 0 Å². The summed E-state index contributed by atoms with van der Waals surface area (Å²) in [5, 5.41) is 12.6. The molecule has 1 saturated carbocycles. The highest BCUT2D eigenvalue weighted by molar-refractivity contribution is 8.00. The van der Waals surface area contributed by atoms with E-state index < -0.39 is 0 Å². The molecule has 0 aliphatic heterocycles. The van der Waals surface area contributed by atoms with Crippen molar-refractivity contribution < 1.29 is 9.90 Å². The monoisotopic (exact) mass is 308 g/mol. The highest BCUT2D eigenvalue weighted by atomic mass is 32.2. The van der Waals surface area contributed by atoms with Crippen molar-refractivity contribution in [2.45, 2.75) is 42.8 Å². The molecule has 1 aromatic rings. The second kappa shape index (κ2) is 8.29. The lowest BCUT2D eigenvalue weighted by molar-refractivity contribution is 0.192. The zero-order chi connectivity index (χ0) is 15.1. The molecule has 0 spiro atoms. The Kier molecular flexibility index (Phi) is 6.39. The lowest BCUT2D eigenvalue weighted by Gasteiger charge is -2.21. The highest BCUT2D eigenvalue weighted by Gasteiger charge is 2.19. The standard InChI is InChI=1S/C16H24N2O2S/c1-2-18(11-12-19)16(20)17-14-9-5-6-10-15(14)21-13-7-3-4-8-13/h5-6,9-10,13,19H,2-4,7-8,11-12H2,1H3,(H,17,20). The number of thioether (sulfide) groups is 1. The molecule has 1 aliphatic carbocycles. The van der Waals surface area contributed by atoms with Crippen molar-refractivity contribution in [2.75, 3.05) is 25.0 Å². The van der Waals surface area contributed by atoms with Gasteiger partial charge < -0.3 is 15.3 Å². The summed E-state index contributed by atoms with van der Waals surface area (Å²) >= 11 is 1.87. The van der Waals surface area contributed by atoms with Crippen LogP contribution in [0.3, 0.4) is 0 Å². The van der Waals surface area contributed by atoms with Gasteiger partial charge in [-0.25, -0.2) is 4.79 Å². The lowest BCUT2D eigenvalue weighted by atomic mass is 10.3. The van der Waals surface area contributed by atoms with Crippen LogP contribution in [0.1, 0.15) is 32.6 Å². The van der Waals surface area contributed by atoms with Crippen molar-refractivity contribution in [3.05, 3.63) is 24.3 Å². The van der Waals surface area contributed by atoms with Gasteiger partial charge in [-0.15, -0.1) is 11.8 Å².